The van der Waals surface area contributed by atoms with Gasteiger partial charge in [-0.3, -0.25) is 4.79 Å². The summed E-state index contributed by atoms with van der Waals surface area (Å²) in [7, 11) is 0. The zero-order valence-corrected chi connectivity index (χ0v) is 11.4. The maximum Gasteiger partial charge on any atom is 0.248 e. The first kappa shape index (κ1) is 13.1. The van der Waals surface area contributed by atoms with Crippen molar-refractivity contribution in [3.8, 4) is 11.5 Å². The number of ether oxygens (including phenoxy) is 1. The Morgan fingerprint density at radius 2 is 1.53 bits per heavy atom. The number of hydrogen-bond donors (Lipinski definition) is 1. The molecule has 3 nitrogen and oxygen atoms in total. The Morgan fingerprint density at radius 1 is 1.00 bits per heavy atom. The molecular weight excluding hydrogens is 238 g/mol. The fourth-order valence-electron chi connectivity index (χ4n) is 2.13. The summed E-state index contributed by atoms with van der Waals surface area (Å²) in [6.07, 6.45) is 0. The summed E-state index contributed by atoms with van der Waals surface area (Å²) in [6, 6.07) is 11.0. The van der Waals surface area contributed by atoms with Crippen LogP contribution in [0.2, 0.25) is 0 Å². The van der Waals surface area contributed by atoms with Crippen LogP contribution in [0.4, 0.5) is 0 Å². The predicted octanol–water partition coefficient (Wildman–Crippen LogP) is 3.50. The van der Waals surface area contributed by atoms with E-state index in [0.717, 1.165) is 16.9 Å². The van der Waals surface area contributed by atoms with E-state index in [9.17, 15) is 4.79 Å². The van der Waals surface area contributed by atoms with Gasteiger partial charge in [-0.1, -0.05) is 17.7 Å². The van der Waals surface area contributed by atoms with Crippen LogP contribution in [-0.2, 0) is 0 Å². The van der Waals surface area contributed by atoms with E-state index in [4.69, 9.17) is 10.5 Å². The number of rotatable bonds is 3. The molecule has 0 saturated carbocycles. The van der Waals surface area contributed by atoms with Crippen LogP contribution in [-0.4, -0.2) is 5.91 Å². The lowest BCUT2D eigenvalue weighted by atomic mass is 10.1. The Morgan fingerprint density at radius 3 is 2.00 bits per heavy atom. The smallest absolute Gasteiger partial charge is 0.248 e. The van der Waals surface area contributed by atoms with Gasteiger partial charge in [0.1, 0.15) is 11.5 Å². The highest BCUT2D eigenvalue weighted by atomic mass is 16.5. The minimum Gasteiger partial charge on any atom is -0.457 e. The number of benzene rings is 2. The molecule has 98 valence electrons. The average molecular weight is 255 g/mol. The highest BCUT2D eigenvalue weighted by molar-refractivity contribution is 5.92. The number of nitrogens with two attached hydrogens (primary N) is 1. The number of aryl methyl sites for hydroxylation is 3. The van der Waals surface area contributed by atoms with Gasteiger partial charge in [-0.05, 0) is 56.2 Å². The summed E-state index contributed by atoms with van der Waals surface area (Å²) >= 11 is 0. The van der Waals surface area contributed by atoms with Gasteiger partial charge in [-0.25, -0.2) is 0 Å². The molecule has 0 atom stereocenters. The fourth-order valence-corrected chi connectivity index (χ4v) is 2.13. The van der Waals surface area contributed by atoms with Gasteiger partial charge in [0.15, 0.2) is 0 Å². The van der Waals surface area contributed by atoms with E-state index in [1.807, 2.05) is 13.8 Å². The Balaban J connectivity index is 2.29. The normalized spacial score (nSPS) is 10.3. The zero-order chi connectivity index (χ0) is 14.0. The van der Waals surface area contributed by atoms with Crippen molar-refractivity contribution < 1.29 is 9.53 Å². The van der Waals surface area contributed by atoms with E-state index in [2.05, 4.69) is 19.1 Å². The number of carbonyl (C=O) groups excluding carboxylic acids is 1. The van der Waals surface area contributed by atoms with Crippen molar-refractivity contribution in [2.24, 2.45) is 5.73 Å². The van der Waals surface area contributed by atoms with E-state index in [1.54, 1.807) is 24.3 Å². The second kappa shape index (κ2) is 5.14. The van der Waals surface area contributed by atoms with Crippen LogP contribution in [0.5, 0.6) is 11.5 Å². The monoisotopic (exact) mass is 255 g/mol. The summed E-state index contributed by atoms with van der Waals surface area (Å²) in [5.74, 6) is 1.12. The molecule has 0 aliphatic rings. The van der Waals surface area contributed by atoms with Gasteiger partial charge < -0.3 is 10.5 Å². The van der Waals surface area contributed by atoms with Crippen LogP contribution in [0.3, 0.4) is 0 Å². The SMILES string of the molecule is Cc1cc(C)c(Oc2ccc(C(N)=O)cc2)c(C)c1. The van der Waals surface area contributed by atoms with Gasteiger partial charge in [0.25, 0.3) is 0 Å². The molecule has 2 aromatic rings. The molecule has 0 aromatic heterocycles. The van der Waals surface area contributed by atoms with Gasteiger partial charge in [-0.2, -0.15) is 0 Å². The molecule has 0 fully saturated rings. The molecule has 0 unspecified atom stereocenters. The van der Waals surface area contributed by atoms with Crippen molar-refractivity contribution >= 4 is 5.91 Å². The third-order valence-electron chi connectivity index (χ3n) is 2.96. The lowest BCUT2D eigenvalue weighted by Crippen LogP contribution is -2.10. The molecule has 0 heterocycles. The van der Waals surface area contributed by atoms with Crippen molar-refractivity contribution in [2.45, 2.75) is 20.8 Å². The lowest BCUT2D eigenvalue weighted by molar-refractivity contribution is 0.100. The standard InChI is InChI=1S/C16H17NO2/c1-10-8-11(2)15(12(3)9-10)19-14-6-4-13(5-7-14)16(17)18/h4-9H,1-3H3,(H2,17,18). The number of primary amides is 1. The Bertz CT molecular complexity index is 592. The number of carbonyl (C=O) groups is 1. The van der Waals surface area contributed by atoms with Crippen molar-refractivity contribution in [1.82, 2.24) is 0 Å². The molecule has 2 aromatic carbocycles. The maximum atomic E-state index is 11.0. The second-order valence-corrected chi connectivity index (χ2v) is 4.72. The summed E-state index contributed by atoms with van der Waals surface area (Å²) in [4.78, 5) is 11.0. The van der Waals surface area contributed by atoms with E-state index in [1.165, 1.54) is 5.56 Å². The molecule has 0 bridgehead atoms. The van der Waals surface area contributed by atoms with Gasteiger partial charge in [-0.15, -0.1) is 0 Å². The lowest BCUT2D eigenvalue weighted by Gasteiger charge is -2.13. The number of amides is 1. The molecule has 1 amide bonds. The molecule has 0 saturated heterocycles. The second-order valence-electron chi connectivity index (χ2n) is 4.72. The van der Waals surface area contributed by atoms with E-state index in [-0.39, 0.29) is 0 Å². The van der Waals surface area contributed by atoms with E-state index < -0.39 is 5.91 Å². The van der Waals surface area contributed by atoms with Crippen molar-refractivity contribution in [3.63, 3.8) is 0 Å². The molecule has 0 aliphatic heterocycles. The van der Waals surface area contributed by atoms with Crippen LogP contribution < -0.4 is 10.5 Å². The van der Waals surface area contributed by atoms with Crippen molar-refractivity contribution in [2.75, 3.05) is 0 Å². The largest absolute Gasteiger partial charge is 0.457 e. The topological polar surface area (TPSA) is 52.3 Å². The fraction of sp³-hybridized carbons (Fsp3) is 0.188. The van der Waals surface area contributed by atoms with Crippen LogP contribution in [0.25, 0.3) is 0 Å². The van der Waals surface area contributed by atoms with Crippen LogP contribution in [0.15, 0.2) is 36.4 Å². The van der Waals surface area contributed by atoms with Crippen LogP contribution in [0.1, 0.15) is 27.0 Å². The Labute approximate surface area is 113 Å². The quantitative estimate of drug-likeness (QED) is 0.912. The molecule has 2 N–H and O–H groups in total. The van der Waals surface area contributed by atoms with E-state index in [0.29, 0.717) is 11.3 Å². The van der Waals surface area contributed by atoms with Gasteiger partial charge in [0.05, 0.1) is 0 Å². The molecule has 3 heteroatoms. The van der Waals surface area contributed by atoms with Crippen LogP contribution >= 0.6 is 0 Å². The minimum absolute atomic E-state index is 0.436. The summed E-state index contributed by atoms with van der Waals surface area (Å²) in [5, 5.41) is 0. The van der Waals surface area contributed by atoms with Gasteiger partial charge >= 0.3 is 0 Å². The third kappa shape index (κ3) is 2.94. The highest BCUT2D eigenvalue weighted by Crippen LogP contribution is 2.29. The third-order valence-corrected chi connectivity index (χ3v) is 2.96. The predicted molar refractivity (Wildman–Crippen MR) is 75.7 cm³/mol. The van der Waals surface area contributed by atoms with Crippen molar-refractivity contribution in [3.05, 3.63) is 58.7 Å². The highest BCUT2D eigenvalue weighted by Gasteiger charge is 2.07. The molecule has 19 heavy (non-hydrogen) atoms. The number of hydrogen-bond acceptors (Lipinski definition) is 2. The first-order valence-electron chi connectivity index (χ1n) is 6.13. The average Bonchev–Trinajstić information content (AvgIpc) is 2.34. The first-order chi connectivity index (χ1) is 8.97. The zero-order valence-electron chi connectivity index (χ0n) is 11.4. The maximum absolute atomic E-state index is 11.0. The van der Waals surface area contributed by atoms with Crippen molar-refractivity contribution in [1.29, 1.82) is 0 Å². The van der Waals surface area contributed by atoms with Crippen LogP contribution in [0, 0.1) is 20.8 Å². The molecule has 2 rings (SSSR count). The van der Waals surface area contributed by atoms with Gasteiger partial charge in [0.2, 0.25) is 5.91 Å². The molecular formula is C16H17NO2. The first-order valence-corrected chi connectivity index (χ1v) is 6.13. The summed E-state index contributed by atoms with van der Waals surface area (Å²) < 4.78 is 5.88. The summed E-state index contributed by atoms with van der Waals surface area (Å²) in [5.41, 5.74) is 9.08. The molecule has 0 radical (unpaired) electrons. The van der Waals surface area contributed by atoms with Gasteiger partial charge in [0, 0.05) is 5.56 Å². The molecule has 0 aliphatic carbocycles. The Kier molecular flexibility index (Phi) is 3.56. The summed E-state index contributed by atoms with van der Waals surface area (Å²) in [6.45, 7) is 6.10. The van der Waals surface area contributed by atoms with E-state index >= 15 is 0 Å². The minimum atomic E-state index is -0.436. The Hall–Kier alpha value is -2.29. The molecule has 0 spiro atoms.